The molecular weight excluding hydrogens is 847 g/mol. The molecule has 0 aromatic rings. The average Bonchev–Trinajstić information content (AvgIpc) is 3.33. The molecular formula is C62H121N5O2. The van der Waals surface area contributed by atoms with Gasteiger partial charge in [-0.1, -0.05) is 201 Å². The molecule has 7 heteroatoms. The van der Waals surface area contributed by atoms with Crippen molar-refractivity contribution in [3.63, 3.8) is 0 Å². The normalized spacial score (nSPS) is 13.2. The lowest BCUT2D eigenvalue weighted by Crippen LogP contribution is -2.52. The molecule has 1 aliphatic rings. The predicted octanol–water partition coefficient (Wildman–Crippen LogP) is 16.8. The summed E-state index contributed by atoms with van der Waals surface area (Å²) in [5.74, 6) is 1.19. The summed E-state index contributed by atoms with van der Waals surface area (Å²) in [5, 5.41) is 0. The van der Waals surface area contributed by atoms with Gasteiger partial charge in [-0.25, -0.2) is 0 Å². The lowest BCUT2D eigenvalue weighted by Gasteiger charge is -2.39. The van der Waals surface area contributed by atoms with Gasteiger partial charge in [-0.15, -0.1) is 0 Å². The smallest absolute Gasteiger partial charge is 0.236 e. The summed E-state index contributed by atoms with van der Waals surface area (Å²) in [6, 6.07) is 0. The zero-order valence-electron chi connectivity index (χ0n) is 44.8. The molecule has 1 heterocycles. The highest BCUT2D eigenvalue weighted by molar-refractivity contribution is 5.78. The molecule has 0 aliphatic carbocycles. The van der Waals surface area contributed by atoms with Crippen molar-refractivity contribution >= 4 is 5.91 Å². The molecule has 0 atom stereocenters. The van der Waals surface area contributed by atoms with E-state index in [1.807, 2.05) is 0 Å². The number of ether oxygens (including phenoxy) is 1. The summed E-state index contributed by atoms with van der Waals surface area (Å²) in [7, 11) is 1.72. The summed E-state index contributed by atoms with van der Waals surface area (Å²) < 4.78 is 5.35. The number of nitrogens with zero attached hydrogens (tertiary/aromatic N) is 5. The van der Waals surface area contributed by atoms with Crippen molar-refractivity contribution in [2.24, 2.45) is 0 Å². The van der Waals surface area contributed by atoms with Crippen molar-refractivity contribution in [2.45, 2.75) is 237 Å². The quantitative estimate of drug-likeness (QED) is 0.0262. The van der Waals surface area contributed by atoms with E-state index in [9.17, 15) is 4.79 Å². The van der Waals surface area contributed by atoms with Gasteiger partial charge >= 0.3 is 0 Å². The van der Waals surface area contributed by atoms with Crippen LogP contribution in [0.15, 0.2) is 66.3 Å². The number of piperazine rings is 1. The third-order valence-corrected chi connectivity index (χ3v) is 13.5. The first-order valence-electron chi connectivity index (χ1n) is 28.2. The van der Waals surface area contributed by atoms with Crippen molar-refractivity contribution in [1.82, 2.24) is 24.5 Å². The average molecular weight is 969 g/mol. The van der Waals surface area contributed by atoms with Crippen LogP contribution >= 0.6 is 0 Å². The number of rotatable bonds is 46. The van der Waals surface area contributed by atoms with Gasteiger partial charge < -0.3 is 19.4 Å². The van der Waals surface area contributed by atoms with Crippen LogP contribution in [0.2, 0.25) is 0 Å². The molecule has 0 bridgehead atoms. The third kappa shape index (κ3) is 40.7. The van der Waals surface area contributed by atoms with E-state index >= 15 is 0 Å². The molecule has 0 aromatic heterocycles. The summed E-state index contributed by atoms with van der Waals surface area (Å²) in [4.78, 5) is 26.7. The Morgan fingerprint density at radius 3 is 1.30 bits per heavy atom. The molecule has 0 radical (unpaired) electrons. The van der Waals surface area contributed by atoms with Crippen LogP contribution in [0.25, 0.3) is 0 Å². The number of hydrogen-bond acceptors (Lipinski definition) is 6. The zero-order chi connectivity index (χ0) is 48.0. The minimum Gasteiger partial charge on any atom is -0.493 e. The van der Waals surface area contributed by atoms with E-state index in [0.717, 1.165) is 110 Å². The highest BCUT2D eigenvalue weighted by Gasteiger charge is 2.24. The topological polar surface area (TPSA) is 42.5 Å². The second kappa shape index (κ2) is 53.2. The highest BCUT2D eigenvalue weighted by atomic mass is 16.5. The van der Waals surface area contributed by atoms with Gasteiger partial charge in [0.2, 0.25) is 5.91 Å². The van der Waals surface area contributed by atoms with Crippen molar-refractivity contribution < 1.29 is 9.53 Å². The van der Waals surface area contributed by atoms with Gasteiger partial charge in [-0.05, 0) is 97.1 Å². The molecule has 7 nitrogen and oxygen atoms in total. The summed E-state index contributed by atoms with van der Waals surface area (Å²) in [5.41, 5.74) is 4.36. The van der Waals surface area contributed by atoms with Crippen LogP contribution < -0.4 is 0 Å². The first-order chi connectivity index (χ1) is 32.5. The summed E-state index contributed by atoms with van der Waals surface area (Å²) >= 11 is 0. The van der Waals surface area contributed by atoms with Crippen molar-refractivity contribution in [2.75, 3.05) is 92.2 Å². The fourth-order valence-electron chi connectivity index (χ4n) is 9.02. The highest BCUT2D eigenvalue weighted by Crippen LogP contribution is 2.17. The Morgan fingerprint density at radius 2 is 0.855 bits per heavy atom. The van der Waals surface area contributed by atoms with Crippen molar-refractivity contribution in [3.8, 4) is 0 Å². The number of carbonyl (C=O) groups is 1. The Morgan fingerprint density at radius 1 is 0.478 bits per heavy atom. The monoisotopic (exact) mass is 968 g/mol. The molecule has 69 heavy (non-hydrogen) atoms. The molecule has 0 saturated carbocycles. The molecule has 1 rings (SSSR count). The van der Waals surface area contributed by atoms with Gasteiger partial charge in [-0.3, -0.25) is 14.6 Å². The first-order valence-corrected chi connectivity index (χ1v) is 28.2. The molecule has 0 unspecified atom stereocenters. The van der Waals surface area contributed by atoms with Gasteiger partial charge in [0.15, 0.2) is 0 Å². The maximum atomic E-state index is 14.1. The second-order valence-corrected chi connectivity index (χ2v) is 19.3. The number of carbonyl (C=O) groups excluding carboxylic acids is 1. The van der Waals surface area contributed by atoms with Gasteiger partial charge in [-0.2, -0.15) is 0 Å². The Labute approximate surface area is 433 Å². The summed E-state index contributed by atoms with van der Waals surface area (Å²) in [6.45, 7) is 27.5. The van der Waals surface area contributed by atoms with E-state index < -0.39 is 0 Å². The Hall–Kier alpha value is -2.57. The van der Waals surface area contributed by atoms with E-state index in [0.29, 0.717) is 12.5 Å². The van der Waals surface area contributed by atoms with Crippen LogP contribution in [-0.4, -0.2) is 123 Å². The zero-order valence-corrected chi connectivity index (χ0v) is 44.8. The summed E-state index contributed by atoms with van der Waals surface area (Å²) in [6.07, 6.45) is 51.7. The number of allylic oxidation sites excluding steroid dienone is 5. The molecule has 1 aliphatic heterocycles. The van der Waals surface area contributed by atoms with E-state index in [1.54, 1.807) is 7.11 Å². The molecule has 0 N–H and O–H groups in total. The Bertz CT molecular complexity index is 1250. The Kier molecular flexibility index (Phi) is 54.5. The largest absolute Gasteiger partial charge is 0.493 e. The standard InChI is InChI=1S/C59H109N5O2.3CH4/c1-8-14-18-22-26-32-38-44-60(45-39-33-27-23-19-15-9-2)49-50-62(48-42-35-29-25-21-17-11-4)56-59(65)64-53-51-63(52-54-64)57(12-5)55-61(46-40-34-28-24-20-16-10-3)47-41-36-30-31-37-43-58(13-6)66-7;;;/h12,26-27,29,32-33,35H,6,8-11,14-25,28,30-31,34,36-56H2,1-5,7H3;3*1H4/b32-26-,33-27-,35-29-,57-12-;;;. The number of amides is 1. The number of hydrogen-bond donors (Lipinski definition) is 0. The lowest BCUT2D eigenvalue weighted by atomic mass is 10.1. The van der Waals surface area contributed by atoms with Gasteiger partial charge in [0.05, 0.1) is 13.7 Å². The lowest BCUT2D eigenvalue weighted by molar-refractivity contribution is -0.134. The predicted molar refractivity (Wildman–Crippen MR) is 310 cm³/mol. The molecule has 1 amide bonds. The first kappa shape index (κ1) is 70.7. The SMILES string of the molecule is C.C.C.C=C=C(CCCCCCCN(CCCCCCCCC)C/C(=C/C)N1CCN(C(=O)CN(CC/C=C\CCCCC)CCN(CC/C=C\CCCCC)CC/C=C\CCCCC)CC1)OC. The Balaban J connectivity index is -0.0000145. The fourth-order valence-corrected chi connectivity index (χ4v) is 9.02. The van der Waals surface area contributed by atoms with E-state index in [-0.39, 0.29) is 22.3 Å². The van der Waals surface area contributed by atoms with Crippen LogP contribution in [0, 0.1) is 0 Å². The van der Waals surface area contributed by atoms with Crippen LogP contribution in [0.5, 0.6) is 0 Å². The van der Waals surface area contributed by atoms with Crippen molar-refractivity contribution in [1.29, 1.82) is 0 Å². The maximum Gasteiger partial charge on any atom is 0.236 e. The molecule has 1 saturated heterocycles. The van der Waals surface area contributed by atoms with Gasteiger partial charge in [0.25, 0.3) is 0 Å². The molecule has 0 aromatic carbocycles. The van der Waals surface area contributed by atoms with Crippen molar-refractivity contribution in [3.05, 3.63) is 66.3 Å². The third-order valence-electron chi connectivity index (χ3n) is 13.5. The maximum absolute atomic E-state index is 14.1. The van der Waals surface area contributed by atoms with E-state index in [2.05, 4.69) is 114 Å². The minimum absolute atomic E-state index is 0. The van der Waals surface area contributed by atoms with Crippen LogP contribution in [0.1, 0.15) is 237 Å². The molecule has 0 spiro atoms. The van der Waals surface area contributed by atoms with Gasteiger partial charge in [0.1, 0.15) is 5.76 Å². The second-order valence-electron chi connectivity index (χ2n) is 19.3. The van der Waals surface area contributed by atoms with Gasteiger partial charge in [0, 0.05) is 77.6 Å². The number of methoxy groups -OCH3 is 1. The van der Waals surface area contributed by atoms with Crippen LogP contribution in [0.3, 0.4) is 0 Å². The molecule has 406 valence electrons. The van der Waals surface area contributed by atoms with Crippen LogP contribution in [-0.2, 0) is 9.53 Å². The number of unbranched alkanes of at least 4 members (excludes halogenated alkanes) is 19. The van der Waals surface area contributed by atoms with Crippen LogP contribution in [0.4, 0.5) is 0 Å². The molecule has 1 fully saturated rings. The van der Waals surface area contributed by atoms with E-state index in [1.165, 1.54) is 160 Å². The fraction of sp³-hybridized carbons (Fsp3) is 0.806. The minimum atomic E-state index is 0. The van der Waals surface area contributed by atoms with E-state index in [4.69, 9.17) is 4.74 Å².